The van der Waals surface area contributed by atoms with Crippen LogP contribution in [-0.4, -0.2) is 112 Å². The van der Waals surface area contributed by atoms with Crippen LogP contribution in [0.5, 0.6) is 0 Å². The molecule has 0 radical (unpaired) electrons. The average molecular weight is 506 g/mol. The molecule has 2 aliphatic rings. The van der Waals surface area contributed by atoms with Gasteiger partial charge in [0.25, 0.3) is 0 Å². The van der Waals surface area contributed by atoms with Crippen molar-refractivity contribution in [3.8, 4) is 0 Å². The van der Waals surface area contributed by atoms with Crippen LogP contribution in [0.3, 0.4) is 0 Å². The number of aliphatic carboxylic acids is 4. The van der Waals surface area contributed by atoms with E-state index < -0.39 is 48.3 Å². The van der Waals surface area contributed by atoms with Gasteiger partial charge in [-0.05, 0) is 37.8 Å². The second-order valence-corrected chi connectivity index (χ2v) is 8.00. The van der Waals surface area contributed by atoms with Gasteiger partial charge in [0.05, 0.1) is 12.8 Å². The number of aliphatic hydroxyl groups is 4. The maximum absolute atomic E-state index is 9.77. The van der Waals surface area contributed by atoms with E-state index in [0.29, 0.717) is 18.1 Å². The second-order valence-electron chi connectivity index (χ2n) is 8.00. The summed E-state index contributed by atoms with van der Waals surface area (Å²) >= 11 is 0. The van der Waals surface area contributed by atoms with Crippen LogP contribution in [0.2, 0.25) is 0 Å². The highest BCUT2D eigenvalue weighted by molar-refractivity contribution is 5.83. The highest BCUT2D eigenvalue weighted by Crippen LogP contribution is 2.36. The molecular weight excluding hydrogens is 476 g/mol. The molecule has 1 aromatic heterocycles. The molecule has 0 saturated carbocycles. The first-order valence-corrected chi connectivity index (χ1v) is 10.4. The molecular formula is C20H30N2O13. The summed E-state index contributed by atoms with van der Waals surface area (Å²) in [6.07, 6.45) is -2.34. The molecule has 2 fully saturated rings. The third-order valence-corrected chi connectivity index (χ3v) is 5.45. The van der Waals surface area contributed by atoms with E-state index in [-0.39, 0.29) is 0 Å². The van der Waals surface area contributed by atoms with E-state index in [1.807, 2.05) is 6.07 Å². The van der Waals surface area contributed by atoms with Crippen molar-refractivity contribution in [2.24, 2.45) is 5.73 Å². The van der Waals surface area contributed by atoms with Gasteiger partial charge in [-0.1, -0.05) is 0 Å². The zero-order chi connectivity index (χ0) is 26.9. The number of fused-ring (bicyclic) bond motifs is 2. The minimum Gasteiger partial charge on any atom is -0.479 e. The molecule has 15 nitrogen and oxygen atoms in total. The number of furan rings is 1. The summed E-state index contributed by atoms with van der Waals surface area (Å²) in [7, 11) is 0. The van der Waals surface area contributed by atoms with Crippen molar-refractivity contribution >= 4 is 23.9 Å². The summed E-state index contributed by atoms with van der Waals surface area (Å²) in [5, 5.41) is 65.1. The van der Waals surface area contributed by atoms with Crippen molar-refractivity contribution in [3.63, 3.8) is 0 Å². The summed E-state index contributed by atoms with van der Waals surface area (Å²) in [6, 6.07) is 5.85. The standard InChI is InChI=1S/C12H18N2O.2C4H6O6/c13-9-6-10-3-4-11(7-9)14(10)8-12-2-1-5-15-12;2*5-1(3(7)8)2(6)4(9)10/h1-2,5,9-11H,3-4,6-8,13H2;2*1-2,5-6H,(H,7,8)(H,9,10)/t9?,10-,11+;;. The van der Waals surface area contributed by atoms with E-state index in [1.165, 1.54) is 12.8 Å². The number of carboxylic acid groups (broad SMARTS) is 4. The maximum Gasteiger partial charge on any atom is 0.335 e. The molecule has 2 bridgehead atoms. The minimum absolute atomic E-state index is 0.426. The van der Waals surface area contributed by atoms with Gasteiger partial charge in [0.2, 0.25) is 0 Å². The van der Waals surface area contributed by atoms with E-state index in [1.54, 1.807) is 6.26 Å². The molecule has 198 valence electrons. The minimum atomic E-state index is -2.27. The number of nitrogens with zero attached hydrogens (tertiary/aromatic N) is 1. The third kappa shape index (κ3) is 9.23. The smallest absolute Gasteiger partial charge is 0.335 e. The van der Waals surface area contributed by atoms with Crippen molar-refractivity contribution in [2.45, 2.75) is 74.8 Å². The van der Waals surface area contributed by atoms with Crippen LogP contribution >= 0.6 is 0 Å². The van der Waals surface area contributed by atoms with Gasteiger partial charge in [-0.3, -0.25) is 4.90 Å². The fraction of sp³-hybridized carbons (Fsp3) is 0.600. The second kappa shape index (κ2) is 13.7. The molecule has 3 heterocycles. The number of carboxylic acids is 4. The van der Waals surface area contributed by atoms with Crippen molar-refractivity contribution in [1.82, 2.24) is 4.90 Å². The van der Waals surface area contributed by atoms with E-state index in [9.17, 15) is 19.2 Å². The Labute approximate surface area is 198 Å². The van der Waals surface area contributed by atoms with E-state index in [4.69, 9.17) is 51.0 Å². The number of aliphatic hydroxyl groups excluding tert-OH is 4. The van der Waals surface area contributed by atoms with Gasteiger partial charge in [-0.15, -0.1) is 0 Å². The SMILES string of the molecule is NC1C[C@H]2CC[C@@H](C1)N2Cc1ccco1.O=C(O)C(O)C(O)C(=O)O.O=C(O)C(O)C(O)C(=O)O. The van der Waals surface area contributed by atoms with Crippen LogP contribution in [0.1, 0.15) is 31.4 Å². The lowest BCUT2D eigenvalue weighted by Gasteiger charge is -2.37. The Morgan fingerprint density at radius 2 is 1.20 bits per heavy atom. The summed E-state index contributed by atoms with van der Waals surface area (Å²) < 4.78 is 5.41. The molecule has 2 saturated heterocycles. The Kier molecular flexibility index (Phi) is 11.7. The molecule has 7 atom stereocenters. The Morgan fingerprint density at radius 3 is 1.49 bits per heavy atom. The van der Waals surface area contributed by atoms with Crippen molar-refractivity contribution < 1.29 is 64.4 Å². The van der Waals surface area contributed by atoms with Gasteiger partial charge in [0, 0.05) is 18.1 Å². The third-order valence-electron chi connectivity index (χ3n) is 5.45. The van der Waals surface area contributed by atoms with Crippen LogP contribution in [0, 0.1) is 0 Å². The highest BCUT2D eigenvalue weighted by Gasteiger charge is 2.39. The fourth-order valence-electron chi connectivity index (χ4n) is 3.70. The van der Waals surface area contributed by atoms with Crippen LogP contribution in [0.4, 0.5) is 0 Å². The first kappa shape index (κ1) is 30.0. The number of hydrogen-bond donors (Lipinski definition) is 9. The predicted molar refractivity (Wildman–Crippen MR) is 113 cm³/mol. The lowest BCUT2D eigenvalue weighted by molar-refractivity contribution is -0.165. The van der Waals surface area contributed by atoms with Gasteiger partial charge in [-0.2, -0.15) is 0 Å². The maximum atomic E-state index is 9.77. The Balaban J connectivity index is 0.000000275. The predicted octanol–water partition coefficient (Wildman–Crippen LogP) is -2.51. The Hall–Kier alpha value is -3.08. The Bertz CT molecular complexity index is 760. The van der Waals surface area contributed by atoms with Gasteiger partial charge >= 0.3 is 23.9 Å². The molecule has 1 aromatic rings. The summed E-state index contributed by atoms with van der Waals surface area (Å²) in [6.45, 7) is 0.967. The molecule has 35 heavy (non-hydrogen) atoms. The lowest BCUT2D eigenvalue weighted by atomic mass is 9.98. The average Bonchev–Trinajstić information content (AvgIpc) is 3.38. The van der Waals surface area contributed by atoms with Crippen molar-refractivity contribution in [2.75, 3.05) is 0 Å². The first-order valence-electron chi connectivity index (χ1n) is 10.4. The van der Waals surface area contributed by atoms with E-state index >= 15 is 0 Å². The molecule has 0 spiro atoms. The van der Waals surface area contributed by atoms with Crippen LogP contribution in [0.25, 0.3) is 0 Å². The molecule has 10 N–H and O–H groups in total. The quantitative estimate of drug-likeness (QED) is 0.176. The first-order chi connectivity index (χ1) is 16.3. The molecule has 0 aromatic carbocycles. The molecule has 0 amide bonds. The Morgan fingerprint density at radius 1 is 0.829 bits per heavy atom. The lowest BCUT2D eigenvalue weighted by Crippen LogP contribution is -2.46. The number of nitrogens with two attached hydrogens (primary N) is 1. The molecule has 2 aliphatic heterocycles. The van der Waals surface area contributed by atoms with Crippen molar-refractivity contribution in [1.29, 1.82) is 0 Å². The summed E-state index contributed by atoms with van der Waals surface area (Å²) in [5.74, 6) is -5.99. The van der Waals surface area contributed by atoms with E-state index in [2.05, 4.69) is 11.0 Å². The molecule has 5 unspecified atom stereocenters. The molecule has 0 aliphatic carbocycles. The molecule has 15 heteroatoms. The van der Waals surface area contributed by atoms with Gasteiger partial charge in [-0.25, -0.2) is 19.2 Å². The van der Waals surface area contributed by atoms with Gasteiger partial charge in [0.15, 0.2) is 24.4 Å². The zero-order valence-corrected chi connectivity index (χ0v) is 18.5. The highest BCUT2D eigenvalue weighted by atomic mass is 16.4. The normalized spacial score (nSPS) is 24.4. The number of rotatable bonds is 8. The van der Waals surface area contributed by atoms with Gasteiger partial charge in [0.1, 0.15) is 5.76 Å². The van der Waals surface area contributed by atoms with Crippen LogP contribution in [-0.2, 0) is 25.7 Å². The number of piperidine rings is 1. The van der Waals surface area contributed by atoms with Gasteiger partial charge < -0.3 is 51.0 Å². The number of carbonyl (C=O) groups is 4. The van der Waals surface area contributed by atoms with Crippen molar-refractivity contribution in [3.05, 3.63) is 24.2 Å². The topological polar surface area (TPSA) is 273 Å². The molecule has 3 rings (SSSR count). The monoisotopic (exact) mass is 506 g/mol. The largest absolute Gasteiger partial charge is 0.479 e. The zero-order valence-electron chi connectivity index (χ0n) is 18.5. The number of hydrogen-bond acceptors (Lipinski definition) is 11. The van der Waals surface area contributed by atoms with E-state index in [0.717, 1.165) is 25.1 Å². The summed E-state index contributed by atoms with van der Waals surface area (Å²) in [4.78, 5) is 41.7. The van der Waals surface area contributed by atoms with Crippen LogP contribution < -0.4 is 5.73 Å². The summed E-state index contributed by atoms with van der Waals surface area (Å²) in [5.41, 5.74) is 6.04. The van der Waals surface area contributed by atoms with Crippen LogP contribution in [0.15, 0.2) is 22.8 Å². The fourth-order valence-corrected chi connectivity index (χ4v) is 3.70.